The Balaban J connectivity index is 2.48. The third kappa shape index (κ3) is 5.07. The second-order valence-electron chi connectivity index (χ2n) is 6.02. The first-order chi connectivity index (χ1) is 7.94. The van der Waals surface area contributed by atoms with Crippen molar-refractivity contribution in [2.45, 2.75) is 65.3 Å². The largest absolute Gasteiger partial charge is 0.481 e. The minimum absolute atomic E-state index is 0.272. The average molecular weight is 241 g/mol. The van der Waals surface area contributed by atoms with Crippen LogP contribution in [-0.4, -0.2) is 35.1 Å². The number of carboxylic acids is 1. The maximum Gasteiger partial charge on any atom is 0.304 e. The van der Waals surface area contributed by atoms with Gasteiger partial charge in [0.1, 0.15) is 0 Å². The fraction of sp³-hybridized carbons (Fsp3) is 0.929. The van der Waals surface area contributed by atoms with Crippen molar-refractivity contribution in [3.8, 4) is 0 Å². The first kappa shape index (κ1) is 14.5. The van der Waals surface area contributed by atoms with Crippen LogP contribution in [0.3, 0.4) is 0 Å². The second-order valence-corrected chi connectivity index (χ2v) is 6.02. The van der Waals surface area contributed by atoms with E-state index < -0.39 is 5.97 Å². The van der Waals surface area contributed by atoms with E-state index in [1.165, 1.54) is 32.1 Å². The SMILES string of the molecule is CCN(CCC(=O)O)C1CCCC(C)(C)CC1. The molecule has 0 aromatic heterocycles. The Bertz CT molecular complexity index is 251. The van der Waals surface area contributed by atoms with E-state index in [-0.39, 0.29) is 6.42 Å². The first-order valence-corrected chi connectivity index (χ1v) is 6.90. The van der Waals surface area contributed by atoms with E-state index >= 15 is 0 Å². The minimum Gasteiger partial charge on any atom is -0.481 e. The lowest BCUT2D eigenvalue weighted by Crippen LogP contribution is -2.36. The lowest BCUT2D eigenvalue weighted by molar-refractivity contribution is -0.137. The number of aliphatic carboxylic acids is 1. The van der Waals surface area contributed by atoms with Crippen molar-refractivity contribution in [2.75, 3.05) is 13.1 Å². The fourth-order valence-corrected chi connectivity index (χ4v) is 2.85. The number of carboxylic acid groups (broad SMARTS) is 1. The van der Waals surface area contributed by atoms with Crippen LogP contribution in [0.4, 0.5) is 0 Å². The number of hydrogen-bond donors (Lipinski definition) is 1. The predicted octanol–water partition coefficient (Wildman–Crippen LogP) is 3.14. The molecular weight excluding hydrogens is 214 g/mol. The van der Waals surface area contributed by atoms with Crippen molar-refractivity contribution in [3.63, 3.8) is 0 Å². The van der Waals surface area contributed by atoms with Crippen molar-refractivity contribution < 1.29 is 9.90 Å². The highest BCUT2D eigenvalue weighted by molar-refractivity contribution is 5.66. The van der Waals surface area contributed by atoms with Crippen LogP contribution < -0.4 is 0 Å². The monoisotopic (exact) mass is 241 g/mol. The van der Waals surface area contributed by atoms with Crippen molar-refractivity contribution in [3.05, 3.63) is 0 Å². The van der Waals surface area contributed by atoms with Crippen LogP contribution in [0.2, 0.25) is 0 Å². The lowest BCUT2D eigenvalue weighted by Gasteiger charge is -2.30. The average Bonchev–Trinajstić information content (AvgIpc) is 2.41. The standard InChI is InChI=1S/C14H27NO2/c1-4-15(11-8-13(16)17)12-6-5-9-14(2,3)10-7-12/h12H,4-11H2,1-3H3,(H,16,17). The zero-order chi connectivity index (χ0) is 12.9. The van der Waals surface area contributed by atoms with Gasteiger partial charge in [0.2, 0.25) is 0 Å². The molecule has 17 heavy (non-hydrogen) atoms. The van der Waals surface area contributed by atoms with Gasteiger partial charge in [-0.3, -0.25) is 4.79 Å². The summed E-state index contributed by atoms with van der Waals surface area (Å²) in [6.45, 7) is 8.51. The van der Waals surface area contributed by atoms with Crippen LogP contribution >= 0.6 is 0 Å². The van der Waals surface area contributed by atoms with E-state index in [2.05, 4.69) is 25.7 Å². The molecule has 0 bridgehead atoms. The summed E-state index contributed by atoms with van der Waals surface area (Å²) < 4.78 is 0. The van der Waals surface area contributed by atoms with E-state index in [4.69, 9.17) is 5.11 Å². The molecule has 1 aliphatic carbocycles. The first-order valence-electron chi connectivity index (χ1n) is 6.90. The zero-order valence-electron chi connectivity index (χ0n) is 11.5. The molecule has 1 N–H and O–H groups in total. The van der Waals surface area contributed by atoms with Gasteiger partial charge in [0.25, 0.3) is 0 Å². The molecule has 0 amide bonds. The van der Waals surface area contributed by atoms with Gasteiger partial charge in [-0.15, -0.1) is 0 Å². The maximum absolute atomic E-state index is 10.6. The second kappa shape index (κ2) is 6.39. The van der Waals surface area contributed by atoms with E-state index in [0.29, 0.717) is 18.0 Å². The Hall–Kier alpha value is -0.570. The van der Waals surface area contributed by atoms with Gasteiger partial charge in [0.15, 0.2) is 0 Å². The molecule has 1 unspecified atom stereocenters. The number of carbonyl (C=O) groups is 1. The smallest absolute Gasteiger partial charge is 0.304 e. The van der Waals surface area contributed by atoms with Gasteiger partial charge in [0.05, 0.1) is 6.42 Å². The molecule has 3 heteroatoms. The van der Waals surface area contributed by atoms with E-state index in [0.717, 1.165) is 6.54 Å². The Morgan fingerprint density at radius 3 is 2.65 bits per heavy atom. The van der Waals surface area contributed by atoms with Crippen LogP contribution in [0.1, 0.15) is 59.3 Å². The van der Waals surface area contributed by atoms with Crippen LogP contribution in [0.5, 0.6) is 0 Å². The number of nitrogens with zero attached hydrogens (tertiary/aromatic N) is 1. The molecule has 1 fully saturated rings. The topological polar surface area (TPSA) is 40.5 Å². The van der Waals surface area contributed by atoms with Gasteiger partial charge in [0, 0.05) is 12.6 Å². The molecule has 1 rings (SSSR count). The van der Waals surface area contributed by atoms with E-state index in [1.807, 2.05) is 0 Å². The summed E-state index contributed by atoms with van der Waals surface area (Å²) in [5.41, 5.74) is 0.473. The number of rotatable bonds is 5. The molecule has 0 heterocycles. The van der Waals surface area contributed by atoms with Crippen LogP contribution in [-0.2, 0) is 4.79 Å². The summed E-state index contributed by atoms with van der Waals surface area (Å²) in [5, 5.41) is 8.77. The van der Waals surface area contributed by atoms with Gasteiger partial charge >= 0.3 is 5.97 Å². The summed E-state index contributed by atoms with van der Waals surface area (Å²) in [5.74, 6) is -0.683. The van der Waals surface area contributed by atoms with Crippen molar-refractivity contribution >= 4 is 5.97 Å². The molecule has 1 atom stereocenters. The van der Waals surface area contributed by atoms with Gasteiger partial charge in [-0.2, -0.15) is 0 Å². The van der Waals surface area contributed by atoms with Crippen LogP contribution in [0.25, 0.3) is 0 Å². The molecule has 3 nitrogen and oxygen atoms in total. The molecule has 1 aliphatic rings. The maximum atomic E-state index is 10.6. The lowest BCUT2D eigenvalue weighted by atomic mass is 9.85. The minimum atomic E-state index is -0.683. The highest BCUT2D eigenvalue weighted by atomic mass is 16.4. The molecule has 0 radical (unpaired) electrons. The van der Waals surface area contributed by atoms with Gasteiger partial charge < -0.3 is 10.0 Å². The summed E-state index contributed by atoms with van der Waals surface area (Å²) in [4.78, 5) is 13.0. The fourth-order valence-electron chi connectivity index (χ4n) is 2.85. The quantitative estimate of drug-likeness (QED) is 0.752. The third-order valence-electron chi connectivity index (χ3n) is 4.08. The Kier molecular flexibility index (Phi) is 5.44. The molecule has 0 spiro atoms. The summed E-state index contributed by atoms with van der Waals surface area (Å²) in [6.07, 6.45) is 6.58. The van der Waals surface area contributed by atoms with Crippen LogP contribution in [0, 0.1) is 5.41 Å². The Labute approximate surface area is 105 Å². The molecule has 0 saturated heterocycles. The molecule has 100 valence electrons. The summed E-state index contributed by atoms with van der Waals surface area (Å²) >= 11 is 0. The third-order valence-corrected chi connectivity index (χ3v) is 4.08. The van der Waals surface area contributed by atoms with Crippen molar-refractivity contribution in [1.82, 2.24) is 4.90 Å². The predicted molar refractivity (Wildman–Crippen MR) is 70.2 cm³/mol. The van der Waals surface area contributed by atoms with Gasteiger partial charge in [-0.1, -0.05) is 27.2 Å². The molecule has 1 saturated carbocycles. The highest BCUT2D eigenvalue weighted by Crippen LogP contribution is 2.35. The number of hydrogen-bond acceptors (Lipinski definition) is 2. The highest BCUT2D eigenvalue weighted by Gasteiger charge is 2.27. The molecule has 0 aromatic rings. The van der Waals surface area contributed by atoms with Crippen molar-refractivity contribution in [1.29, 1.82) is 0 Å². The Morgan fingerprint density at radius 2 is 2.06 bits per heavy atom. The van der Waals surface area contributed by atoms with E-state index in [1.54, 1.807) is 0 Å². The normalized spacial score (nSPS) is 24.6. The summed E-state index contributed by atoms with van der Waals surface area (Å²) in [6, 6.07) is 0.598. The van der Waals surface area contributed by atoms with Gasteiger partial charge in [-0.25, -0.2) is 0 Å². The van der Waals surface area contributed by atoms with E-state index in [9.17, 15) is 4.79 Å². The van der Waals surface area contributed by atoms with Gasteiger partial charge in [-0.05, 0) is 37.6 Å². The Morgan fingerprint density at radius 1 is 1.35 bits per heavy atom. The van der Waals surface area contributed by atoms with Crippen LogP contribution in [0.15, 0.2) is 0 Å². The molecular formula is C14H27NO2. The summed E-state index contributed by atoms with van der Waals surface area (Å²) in [7, 11) is 0. The van der Waals surface area contributed by atoms with Crippen molar-refractivity contribution in [2.24, 2.45) is 5.41 Å². The zero-order valence-corrected chi connectivity index (χ0v) is 11.5. The molecule has 0 aliphatic heterocycles. The molecule has 0 aromatic carbocycles.